The van der Waals surface area contributed by atoms with E-state index in [4.69, 9.17) is 11.6 Å². The zero-order valence-electron chi connectivity index (χ0n) is 7.47. The Morgan fingerprint density at radius 2 is 1.75 bits per heavy atom. The summed E-state index contributed by atoms with van der Waals surface area (Å²) in [7, 11) is 0. The Morgan fingerprint density at radius 3 is 2.17 bits per heavy atom. The summed E-state index contributed by atoms with van der Waals surface area (Å²) >= 11 is 5.77. The second kappa shape index (κ2) is 3.77. The molecule has 0 spiro atoms. The van der Waals surface area contributed by atoms with Crippen molar-refractivity contribution in [1.29, 1.82) is 0 Å². The average Bonchev–Trinajstić information content (AvgIpc) is 2.04. The van der Waals surface area contributed by atoms with Crippen LogP contribution in [-0.4, -0.2) is 0 Å². The van der Waals surface area contributed by atoms with E-state index in [9.17, 15) is 0 Å². The second-order valence-electron chi connectivity index (χ2n) is 3.19. The van der Waals surface area contributed by atoms with Crippen LogP contribution >= 0.6 is 11.6 Å². The highest BCUT2D eigenvalue weighted by Gasteiger charge is 2.02. The van der Waals surface area contributed by atoms with Crippen LogP contribution in [0.5, 0.6) is 0 Å². The second-order valence-corrected chi connectivity index (χ2v) is 3.62. The lowest BCUT2D eigenvalue weighted by atomic mass is 9.97. The van der Waals surface area contributed by atoms with Gasteiger partial charge in [-0.3, -0.25) is 0 Å². The van der Waals surface area contributed by atoms with Gasteiger partial charge in [0.2, 0.25) is 0 Å². The van der Waals surface area contributed by atoms with Gasteiger partial charge < -0.3 is 0 Å². The van der Waals surface area contributed by atoms with E-state index >= 15 is 0 Å². The smallest absolute Gasteiger partial charge is 0.0406 e. The van der Waals surface area contributed by atoms with Crippen LogP contribution in [0.4, 0.5) is 0 Å². The van der Waals surface area contributed by atoms with E-state index in [1.54, 1.807) is 0 Å². The lowest BCUT2D eigenvalue weighted by molar-refractivity contribution is 0.858. The number of benzene rings is 1. The van der Waals surface area contributed by atoms with Crippen LogP contribution in [0.2, 0.25) is 5.02 Å². The summed E-state index contributed by atoms with van der Waals surface area (Å²) in [6.07, 6.45) is 0. The molecule has 0 radical (unpaired) electrons. The van der Waals surface area contributed by atoms with Gasteiger partial charge in [0.1, 0.15) is 0 Å². The maximum Gasteiger partial charge on any atom is 0.0406 e. The standard InChI is InChI=1S/C11H13Cl/c1-8(2)9(3)10-4-6-11(12)7-5-10/h4-8H,3H2,1-2H3. The van der Waals surface area contributed by atoms with Crippen molar-refractivity contribution in [2.75, 3.05) is 0 Å². The van der Waals surface area contributed by atoms with Gasteiger partial charge in [0.15, 0.2) is 0 Å². The third-order valence-electron chi connectivity index (χ3n) is 1.91. The van der Waals surface area contributed by atoms with E-state index in [1.165, 1.54) is 5.56 Å². The summed E-state index contributed by atoms with van der Waals surface area (Å²) in [6.45, 7) is 8.28. The molecule has 0 aliphatic carbocycles. The molecule has 1 aromatic rings. The topological polar surface area (TPSA) is 0 Å². The molecule has 0 saturated heterocycles. The maximum atomic E-state index is 5.77. The predicted molar refractivity (Wildman–Crippen MR) is 55.3 cm³/mol. The third-order valence-corrected chi connectivity index (χ3v) is 2.16. The van der Waals surface area contributed by atoms with Gasteiger partial charge in [0, 0.05) is 5.02 Å². The molecule has 0 aliphatic heterocycles. The molecule has 0 fully saturated rings. The molecular weight excluding hydrogens is 168 g/mol. The molecular formula is C11H13Cl. The zero-order valence-corrected chi connectivity index (χ0v) is 8.23. The molecule has 0 heterocycles. The lowest BCUT2D eigenvalue weighted by Crippen LogP contribution is -1.90. The number of halogens is 1. The minimum Gasteiger partial charge on any atom is -0.0950 e. The van der Waals surface area contributed by atoms with Crippen molar-refractivity contribution < 1.29 is 0 Å². The Kier molecular flexibility index (Phi) is 2.93. The highest BCUT2D eigenvalue weighted by Crippen LogP contribution is 2.21. The molecule has 1 rings (SSSR count). The fraction of sp³-hybridized carbons (Fsp3) is 0.273. The molecule has 0 atom stereocenters. The van der Waals surface area contributed by atoms with Crippen LogP contribution < -0.4 is 0 Å². The van der Waals surface area contributed by atoms with Gasteiger partial charge in [-0.2, -0.15) is 0 Å². The zero-order chi connectivity index (χ0) is 9.14. The minimum absolute atomic E-state index is 0.492. The summed E-state index contributed by atoms with van der Waals surface area (Å²) in [4.78, 5) is 0. The maximum absolute atomic E-state index is 5.77. The highest BCUT2D eigenvalue weighted by atomic mass is 35.5. The first kappa shape index (κ1) is 9.34. The van der Waals surface area contributed by atoms with Gasteiger partial charge in [-0.05, 0) is 29.2 Å². The first-order valence-corrected chi connectivity index (χ1v) is 4.44. The van der Waals surface area contributed by atoms with Crippen molar-refractivity contribution in [3.05, 3.63) is 41.4 Å². The number of rotatable bonds is 2. The van der Waals surface area contributed by atoms with E-state index < -0.39 is 0 Å². The molecule has 0 bridgehead atoms. The molecule has 0 saturated carbocycles. The van der Waals surface area contributed by atoms with Gasteiger partial charge >= 0.3 is 0 Å². The molecule has 12 heavy (non-hydrogen) atoms. The van der Waals surface area contributed by atoms with Crippen LogP contribution in [-0.2, 0) is 0 Å². The third kappa shape index (κ3) is 2.12. The number of allylic oxidation sites excluding steroid dienone is 1. The van der Waals surface area contributed by atoms with Crippen LogP contribution in [0.15, 0.2) is 30.8 Å². The summed E-state index contributed by atoms with van der Waals surface area (Å²) in [6, 6.07) is 7.80. The minimum atomic E-state index is 0.492. The molecule has 0 amide bonds. The summed E-state index contributed by atoms with van der Waals surface area (Å²) < 4.78 is 0. The Hall–Kier alpha value is -0.750. The fourth-order valence-electron chi connectivity index (χ4n) is 0.997. The van der Waals surface area contributed by atoms with Crippen molar-refractivity contribution in [2.45, 2.75) is 13.8 Å². The molecule has 0 unspecified atom stereocenters. The summed E-state index contributed by atoms with van der Waals surface area (Å²) in [5.41, 5.74) is 2.33. The van der Waals surface area contributed by atoms with E-state index in [0.29, 0.717) is 5.92 Å². The fourth-order valence-corrected chi connectivity index (χ4v) is 1.12. The molecule has 0 aromatic heterocycles. The first-order chi connectivity index (χ1) is 5.61. The van der Waals surface area contributed by atoms with Crippen molar-refractivity contribution in [1.82, 2.24) is 0 Å². The van der Waals surface area contributed by atoms with Crippen molar-refractivity contribution in [2.24, 2.45) is 5.92 Å². The Morgan fingerprint density at radius 1 is 1.25 bits per heavy atom. The number of hydrogen-bond donors (Lipinski definition) is 0. The van der Waals surface area contributed by atoms with Crippen molar-refractivity contribution in [3.63, 3.8) is 0 Å². The lowest BCUT2D eigenvalue weighted by Gasteiger charge is -2.08. The van der Waals surface area contributed by atoms with E-state index in [0.717, 1.165) is 10.6 Å². The Balaban J connectivity index is 2.90. The molecule has 0 nitrogen and oxygen atoms in total. The summed E-state index contributed by atoms with van der Waals surface area (Å²) in [5, 5.41) is 0.773. The number of hydrogen-bond acceptors (Lipinski definition) is 0. The molecule has 1 heteroatoms. The monoisotopic (exact) mass is 180 g/mol. The van der Waals surface area contributed by atoms with Crippen molar-refractivity contribution >= 4 is 17.2 Å². The predicted octanol–water partition coefficient (Wildman–Crippen LogP) is 4.01. The Bertz CT molecular complexity index is 270. The SMILES string of the molecule is C=C(c1ccc(Cl)cc1)C(C)C. The van der Waals surface area contributed by atoms with Crippen LogP contribution in [0.3, 0.4) is 0 Å². The van der Waals surface area contributed by atoms with E-state index in [-0.39, 0.29) is 0 Å². The molecule has 64 valence electrons. The van der Waals surface area contributed by atoms with Crippen molar-refractivity contribution in [3.8, 4) is 0 Å². The van der Waals surface area contributed by atoms with E-state index in [2.05, 4.69) is 20.4 Å². The highest BCUT2D eigenvalue weighted by molar-refractivity contribution is 6.30. The first-order valence-electron chi connectivity index (χ1n) is 4.06. The quantitative estimate of drug-likeness (QED) is 0.645. The molecule has 0 N–H and O–H groups in total. The molecule has 0 aliphatic rings. The van der Waals surface area contributed by atoms with Crippen LogP contribution in [0, 0.1) is 5.92 Å². The van der Waals surface area contributed by atoms with Gasteiger partial charge in [0.05, 0.1) is 0 Å². The van der Waals surface area contributed by atoms with Gasteiger partial charge in [-0.25, -0.2) is 0 Å². The Labute approximate surface area is 78.9 Å². The van der Waals surface area contributed by atoms with Crippen LogP contribution in [0.1, 0.15) is 19.4 Å². The average molecular weight is 181 g/mol. The molecule has 1 aromatic carbocycles. The van der Waals surface area contributed by atoms with Gasteiger partial charge in [0.25, 0.3) is 0 Å². The normalized spacial score (nSPS) is 10.3. The van der Waals surface area contributed by atoms with Crippen LogP contribution in [0.25, 0.3) is 5.57 Å². The van der Waals surface area contributed by atoms with Gasteiger partial charge in [-0.1, -0.05) is 44.2 Å². The summed E-state index contributed by atoms with van der Waals surface area (Å²) in [5.74, 6) is 0.492. The van der Waals surface area contributed by atoms with Gasteiger partial charge in [-0.15, -0.1) is 0 Å². The van der Waals surface area contributed by atoms with E-state index in [1.807, 2.05) is 24.3 Å². The largest absolute Gasteiger partial charge is 0.0950 e.